The lowest BCUT2D eigenvalue weighted by Crippen LogP contribution is -2.59. The zero-order valence-electron chi connectivity index (χ0n) is 14.2. The molecule has 2 fully saturated rings. The minimum atomic E-state index is -0.456. The topological polar surface area (TPSA) is 68.0 Å². The fourth-order valence-electron chi connectivity index (χ4n) is 3.06. The molecule has 2 rings (SSSR count). The van der Waals surface area contributed by atoms with Crippen LogP contribution < -0.4 is 5.73 Å². The van der Waals surface area contributed by atoms with Gasteiger partial charge in [-0.1, -0.05) is 0 Å². The van der Waals surface area contributed by atoms with Crippen molar-refractivity contribution >= 4 is 6.09 Å². The predicted octanol–water partition coefficient (Wildman–Crippen LogP) is 1.44. The lowest BCUT2D eigenvalue weighted by molar-refractivity contribution is -0.0325. The third-order valence-electron chi connectivity index (χ3n) is 4.24. The molecule has 0 saturated carbocycles. The summed E-state index contributed by atoms with van der Waals surface area (Å²) in [5, 5.41) is 0. The van der Waals surface area contributed by atoms with Gasteiger partial charge in [0, 0.05) is 45.4 Å². The summed E-state index contributed by atoms with van der Waals surface area (Å²) in [7, 11) is 0. The second-order valence-electron chi connectivity index (χ2n) is 7.30. The van der Waals surface area contributed by atoms with Crippen molar-refractivity contribution in [1.29, 1.82) is 0 Å². The first-order chi connectivity index (χ1) is 10.4. The highest BCUT2D eigenvalue weighted by atomic mass is 16.6. The first-order valence-electron chi connectivity index (χ1n) is 8.42. The van der Waals surface area contributed by atoms with Gasteiger partial charge >= 0.3 is 6.09 Å². The summed E-state index contributed by atoms with van der Waals surface area (Å²) in [4.78, 5) is 16.3. The minimum absolute atomic E-state index is 0.187. The second-order valence-corrected chi connectivity index (χ2v) is 7.30. The average Bonchev–Trinajstić information content (AvgIpc) is 2.47. The molecule has 0 bridgehead atoms. The fraction of sp³-hybridized carbons (Fsp3) is 0.938. The summed E-state index contributed by atoms with van der Waals surface area (Å²) >= 11 is 0. The van der Waals surface area contributed by atoms with Gasteiger partial charge in [-0.15, -0.1) is 0 Å². The van der Waals surface area contributed by atoms with Crippen LogP contribution in [0.1, 0.15) is 40.0 Å². The molecule has 0 radical (unpaired) electrons. The molecular weight excluding hydrogens is 282 g/mol. The zero-order valence-corrected chi connectivity index (χ0v) is 14.2. The molecule has 2 heterocycles. The highest BCUT2D eigenvalue weighted by molar-refractivity contribution is 5.68. The normalized spacial score (nSPS) is 27.7. The number of ether oxygens (including phenoxy) is 2. The van der Waals surface area contributed by atoms with Crippen molar-refractivity contribution in [2.24, 2.45) is 5.73 Å². The van der Waals surface area contributed by atoms with Crippen molar-refractivity contribution in [3.05, 3.63) is 0 Å². The minimum Gasteiger partial charge on any atom is -0.444 e. The molecule has 0 aliphatic carbocycles. The van der Waals surface area contributed by atoms with Gasteiger partial charge in [-0.25, -0.2) is 4.79 Å². The van der Waals surface area contributed by atoms with E-state index >= 15 is 0 Å². The zero-order chi connectivity index (χ0) is 16.2. The Labute approximate surface area is 133 Å². The first-order valence-corrected chi connectivity index (χ1v) is 8.42. The van der Waals surface area contributed by atoms with E-state index in [-0.39, 0.29) is 12.1 Å². The van der Waals surface area contributed by atoms with Crippen molar-refractivity contribution < 1.29 is 14.3 Å². The highest BCUT2D eigenvalue weighted by Gasteiger charge is 2.32. The highest BCUT2D eigenvalue weighted by Crippen LogP contribution is 2.18. The van der Waals surface area contributed by atoms with Gasteiger partial charge in [-0.3, -0.25) is 4.90 Å². The molecule has 6 nitrogen and oxygen atoms in total. The lowest BCUT2D eigenvalue weighted by Gasteiger charge is -2.42. The molecule has 0 aromatic carbocycles. The van der Waals surface area contributed by atoms with E-state index in [4.69, 9.17) is 15.2 Å². The summed E-state index contributed by atoms with van der Waals surface area (Å²) in [6.07, 6.45) is 3.62. The Morgan fingerprint density at radius 1 is 1.32 bits per heavy atom. The molecule has 2 aliphatic heterocycles. The number of hydrogen-bond donors (Lipinski definition) is 1. The number of nitrogens with two attached hydrogens (primary N) is 1. The van der Waals surface area contributed by atoms with Crippen LogP contribution in [0.3, 0.4) is 0 Å². The Bertz CT molecular complexity index is 364. The maximum Gasteiger partial charge on any atom is 0.410 e. The molecule has 22 heavy (non-hydrogen) atoms. The van der Waals surface area contributed by atoms with E-state index in [2.05, 4.69) is 4.90 Å². The van der Waals surface area contributed by atoms with E-state index < -0.39 is 5.60 Å². The van der Waals surface area contributed by atoms with Gasteiger partial charge in [-0.2, -0.15) is 0 Å². The Morgan fingerprint density at radius 3 is 2.68 bits per heavy atom. The van der Waals surface area contributed by atoms with Gasteiger partial charge in [0.05, 0.1) is 6.10 Å². The van der Waals surface area contributed by atoms with Crippen LogP contribution in [0.5, 0.6) is 0 Å². The second kappa shape index (κ2) is 7.62. The largest absolute Gasteiger partial charge is 0.444 e. The molecule has 0 aromatic heterocycles. The summed E-state index contributed by atoms with van der Waals surface area (Å²) in [6.45, 7) is 10.2. The maximum atomic E-state index is 12.2. The third kappa shape index (κ3) is 5.11. The molecule has 6 heteroatoms. The van der Waals surface area contributed by atoms with E-state index in [1.54, 1.807) is 4.90 Å². The Balaban J connectivity index is 1.86. The van der Waals surface area contributed by atoms with Crippen LogP contribution in [0.2, 0.25) is 0 Å². The summed E-state index contributed by atoms with van der Waals surface area (Å²) in [5.41, 5.74) is 5.47. The fourth-order valence-corrected chi connectivity index (χ4v) is 3.06. The molecule has 1 amide bonds. The van der Waals surface area contributed by atoms with Crippen LogP contribution >= 0.6 is 0 Å². The van der Waals surface area contributed by atoms with Gasteiger partial charge in [0.25, 0.3) is 0 Å². The molecule has 2 saturated heterocycles. The van der Waals surface area contributed by atoms with Crippen molar-refractivity contribution in [2.45, 2.75) is 57.8 Å². The SMILES string of the molecule is CC(C)(C)OC(=O)N1CCN(CC2CCCCO2)C(CN)C1. The number of amides is 1. The molecule has 2 N–H and O–H groups in total. The summed E-state index contributed by atoms with van der Waals surface area (Å²) < 4.78 is 11.3. The number of piperazine rings is 1. The Morgan fingerprint density at radius 2 is 2.09 bits per heavy atom. The third-order valence-corrected chi connectivity index (χ3v) is 4.24. The monoisotopic (exact) mass is 313 g/mol. The van der Waals surface area contributed by atoms with Crippen LogP contribution in [-0.4, -0.2) is 73.0 Å². The molecule has 0 spiro atoms. The van der Waals surface area contributed by atoms with E-state index in [0.717, 1.165) is 26.1 Å². The van der Waals surface area contributed by atoms with Gasteiger partial charge < -0.3 is 20.1 Å². The molecule has 0 aromatic rings. The predicted molar refractivity (Wildman–Crippen MR) is 85.8 cm³/mol. The summed E-state index contributed by atoms with van der Waals surface area (Å²) in [6, 6.07) is 0.187. The summed E-state index contributed by atoms with van der Waals surface area (Å²) in [5.74, 6) is 0. The van der Waals surface area contributed by atoms with Crippen molar-refractivity contribution in [3.8, 4) is 0 Å². The number of rotatable bonds is 3. The van der Waals surface area contributed by atoms with Crippen LogP contribution in [0.4, 0.5) is 4.79 Å². The van der Waals surface area contributed by atoms with Gasteiger partial charge in [0.1, 0.15) is 5.60 Å². The molecular formula is C16H31N3O3. The quantitative estimate of drug-likeness (QED) is 0.854. The Kier molecular flexibility index (Phi) is 6.06. The van der Waals surface area contributed by atoms with Crippen molar-refractivity contribution in [3.63, 3.8) is 0 Å². The van der Waals surface area contributed by atoms with Crippen molar-refractivity contribution in [2.75, 3.05) is 39.3 Å². The van der Waals surface area contributed by atoms with E-state index in [9.17, 15) is 4.79 Å². The number of nitrogens with zero attached hydrogens (tertiary/aromatic N) is 2. The van der Waals surface area contributed by atoms with E-state index in [0.29, 0.717) is 25.7 Å². The van der Waals surface area contributed by atoms with Crippen molar-refractivity contribution in [1.82, 2.24) is 9.80 Å². The molecule has 128 valence electrons. The van der Waals surface area contributed by atoms with E-state index in [1.807, 2.05) is 20.8 Å². The number of hydrogen-bond acceptors (Lipinski definition) is 5. The smallest absolute Gasteiger partial charge is 0.410 e. The molecule has 2 unspecified atom stereocenters. The van der Waals surface area contributed by atoms with Crippen LogP contribution in [-0.2, 0) is 9.47 Å². The average molecular weight is 313 g/mol. The number of carbonyl (C=O) groups is 1. The van der Waals surface area contributed by atoms with E-state index in [1.165, 1.54) is 12.8 Å². The lowest BCUT2D eigenvalue weighted by atomic mass is 10.1. The van der Waals surface area contributed by atoms with Gasteiger partial charge in [0.2, 0.25) is 0 Å². The molecule has 2 aliphatic rings. The first kappa shape index (κ1) is 17.5. The van der Waals surface area contributed by atoms with Crippen LogP contribution in [0.15, 0.2) is 0 Å². The Hall–Kier alpha value is -0.850. The number of carbonyl (C=O) groups excluding carboxylic acids is 1. The standard InChI is InChI=1S/C16H31N3O3/c1-16(2,3)22-15(20)19-8-7-18(13(10-17)11-19)12-14-6-4-5-9-21-14/h13-14H,4-12,17H2,1-3H3. The van der Waals surface area contributed by atoms with Crippen LogP contribution in [0.25, 0.3) is 0 Å². The molecule has 2 atom stereocenters. The maximum absolute atomic E-state index is 12.2. The van der Waals surface area contributed by atoms with Crippen LogP contribution in [0, 0.1) is 0 Å². The van der Waals surface area contributed by atoms with Gasteiger partial charge in [0.15, 0.2) is 0 Å². The van der Waals surface area contributed by atoms with Gasteiger partial charge in [-0.05, 0) is 40.0 Å².